The highest BCUT2D eigenvalue weighted by Gasteiger charge is 2.39. The minimum atomic E-state index is -0.589. The zero-order valence-electron chi connectivity index (χ0n) is 18.0. The van der Waals surface area contributed by atoms with Gasteiger partial charge in [0, 0.05) is 25.3 Å². The molecule has 4 N–H and O–H groups in total. The van der Waals surface area contributed by atoms with E-state index in [0.717, 1.165) is 19.3 Å². The molecule has 1 fully saturated rings. The Kier molecular flexibility index (Phi) is 10.8. The molecule has 1 amide bonds. The van der Waals surface area contributed by atoms with E-state index in [-0.39, 0.29) is 17.7 Å². The molecule has 1 aliphatic carbocycles. The predicted molar refractivity (Wildman–Crippen MR) is 120 cm³/mol. The number of aliphatic hydroxyl groups is 3. The van der Waals surface area contributed by atoms with Gasteiger partial charge in [-0.3, -0.25) is 4.79 Å². The fourth-order valence-corrected chi connectivity index (χ4v) is 4.06. The lowest BCUT2D eigenvalue weighted by Gasteiger charge is -2.19. The van der Waals surface area contributed by atoms with E-state index >= 15 is 0 Å². The summed E-state index contributed by atoms with van der Waals surface area (Å²) in [5.41, 5.74) is 1.19. The van der Waals surface area contributed by atoms with Crippen LogP contribution in [0.4, 0.5) is 0 Å². The molecule has 0 unspecified atom stereocenters. The highest BCUT2D eigenvalue weighted by Crippen LogP contribution is 2.36. The first-order chi connectivity index (χ1) is 14.5. The molecule has 0 spiro atoms. The minimum Gasteiger partial charge on any atom is -0.393 e. The van der Waals surface area contributed by atoms with E-state index < -0.39 is 18.3 Å². The van der Waals surface area contributed by atoms with Gasteiger partial charge in [0.05, 0.1) is 18.3 Å². The molecule has 0 saturated heterocycles. The summed E-state index contributed by atoms with van der Waals surface area (Å²) >= 11 is 0. The summed E-state index contributed by atoms with van der Waals surface area (Å²) in [4.78, 5) is 11.4. The lowest BCUT2D eigenvalue weighted by molar-refractivity contribution is -0.121. The van der Waals surface area contributed by atoms with Gasteiger partial charge in [0.2, 0.25) is 5.91 Å². The number of unbranched alkanes of at least 4 members (excludes halogenated alkanes) is 1. The molecular weight excluding hydrogens is 378 g/mol. The van der Waals surface area contributed by atoms with Gasteiger partial charge in [0.15, 0.2) is 0 Å². The Morgan fingerprint density at radius 2 is 1.97 bits per heavy atom. The Morgan fingerprint density at radius 3 is 2.70 bits per heavy atom. The average molecular weight is 416 g/mol. The number of carbonyl (C=O) groups excluding carboxylic acids is 1. The molecule has 30 heavy (non-hydrogen) atoms. The van der Waals surface area contributed by atoms with Crippen molar-refractivity contribution in [3.8, 4) is 0 Å². The van der Waals surface area contributed by atoms with Crippen molar-refractivity contribution < 1.29 is 20.1 Å². The van der Waals surface area contributed by atoms with Crippen LogP contribution in [0.15, 0.2) is 54.6 Å². The third-order valence-corrected chi connectivity index (χ3v) is 5.77. The first-order valence-corrected chi connectivity index (χ1v) is 11.2. The molecular formula is C25H37NO4. The number of carbonyl (C=O) groups is 1. The first-order valence-electron chi connectivity index (χ1n) is 11.2. The number of rotatable bonds is 12. The molecule has 5 nitrogen and oxygen atoms in total. The minimum absolute atomic E-state index is 0.0581. The van der Waals surface area contributed by atoms with E-state index in [0.29, 0.717) is 32.2 Å². The number of hydrogen-bond donors (Lipinski definition) is 4. The zero-order valence-corrected chi connectivity index (χ0v) is 18.0. The monoisotopic (exact) mass is 415 g/mol. The molecule has 166 valence electrons. The standard InChI is InChI=1S/C25H37NO4/c1-2-26-25(30)13-9-4-3-8-12-21-22(24(29)18-23(21)28)17-16-20(27)15-14-19-10-6-5-7-11-19/h3,5-8,10-11,16-17,20-24,27-29H,2,4,9,12-15,18H2,1H3,(H,26,30)/b8-3-,17-16+/t20-,21+,22-,23-,24-/m1/s1. The number of allylic oxidation sites excluding steroid dienone is 2. The highest BCUT2D eigenvalue weighted by molar-refractivity contribution is 5.75. The largest absolute Gasteiger partial charge is 0.393 e. The molecule has 0 aliphatic heterocycles. The van der Waals surface area contributed by atoms with Crippen LogP contribution in [0.5, 0.6) is 0 Å². The number of aryl methyl sites for hydroxylation is 1. The summed E-state index contributed by atoms with van der Waals surface area (Å²) in [5.74, 6) is -0.139. The van der Waals surface area contributed by atoms with E-state index in [2.05, 4.69) is 5.32 Å². The fraction of sp³-hybridized carbons (Fsp3) is 0.560. The van der Waals surface area contributed by atoms with Crippen LogP contribution in [0.1, 0.15) is 51.0 Å². The van der Waals surface area contributed by atoms with Crippen molar-refractivity contribution in [2.75, 3.05) is 6.54 Å². The maximum absolute atomic E-state index is 11.4. The van der Waals surface area contributed by atoms with Gasteiger partial charge < -0.3 is 20.6 Å². The topological polar surface area (TPSA) is 89.8 Å². The molecule has 0 radical (unpaired) electrons. The highest BCUT2D eigenvalue weighted by atomic mass is 16.3. The molecule has 0 heterocycles. The van der Waals surface area contributed by atoms with Crippen LogP contribution in [0, 0.1) is 11.8 Å². The average Bonchev–Trinajstić information content (AvgIpc) is 3.00. The van der Waals surface area contributed by atoms with Crippen molar-refractivity contribution in [1.29, 1.82) is 0 Å². The van der Waals surface area contributed by atoms with E-state index in [1.165, 1.54) is 5.56 Å². The van der Waals surface area contributed by atoms with Gasteiger partial charge in [0.25, 0.3) is 0 Å². The second-order valence-corrected chi connectivity index (χ2v) is 8.14. The Balaban J connectivity index is 1.78. The van der Waals surface area contributed by atoms with Gasteiger partial charge in [-0.1, -0.05) is 54.6 Å². The van der Waals surface area contributed by atoms with Crippen LogP contribution in [-0.4, -0.2) is 46.1 Å². The maximum Gasteiger partial charge on any atom is 0.219 e. The van der Waals surface area contributed by atoms with Crippen LogP contribution in [-0.2, 0) is 11.2 Å². The lowest BCUT2D eigenvalue weighted by atomic mass is 9.89. The molecule has 0 bridgehead atoms. The van der Waals surface area contributed by atoms with E-state index in [9.17, 15) is 20.1 Å². The van der Waals surface area contributed by atoms with Crippen molar-refractivity contribution >= 4 is 5.91 Å². The second-order valence-electron chi connectivity index (χ2n) is 8.14. The van der Waals surface area contributed by atoms with E-state index in [4.69, 9.17) is 0 Å². The third-order valence-electron chi connectivity index (χ3n) is 5.77. The summed E-state index contributed by atoms with van der Waals surface area (Å²) in [7, 11) is 0. The molecule has 1 aromatic carbocycles. The van der Waals surface area contributed by atoms with E-state index in [1.807, 2.05) is 55.5 Å². The van der Waals surface area contributed by atoms with Crippen molar-refractivity contribution in [2.45, 2.75) is 70.2 Å². The molecule has 1 aliphatic rings. The van der Waals surface area contributed by atoms with Crippen molar-refractivity contribution in [2.24, 2.45) is 11.8 Å². The van der Waals surface area contributed by atoms with Crippen LogP contribution < -0.4 is 5.32 Å². The fourth-order valence-electron chi connectivity index (χ4n) is 4.06. The quantitative estimate of drug-likeness (QED) is 0.312. The summed E-state index contributed by atoms with van der Waals surface area (Å²) < 4.78 is 0. The third kappa shape index (κ3) is 8.42. The molecule has 1 saturated carbocycles. The van der Waals surface area contributed by atoms with Crippen molar-refractivity contribution in [1.82, 2.24) is 5.32 Å². The number of nitrogens with one attached hydrogen (secondary N) is 1. The van der Waals surface area contributed by atoms with Crippen LogP contribution in [0.2, 0.25) is 0 Å². The SMILES string of the molecule is CCNC(=O)CCC/C=C\C[C@H]1[C@@H](/C=C/[C@H](O)CCc2ccccc2)[C@H](O)C[C@H]1O. The predicted octanol–water partition coefficient (Wildman–Crippen LogP) is 3.15. The molecule has 0 aromatic heterocycles. The Hall–Kier alpha value is -1.95. The van der Waals surface area contributed by atoms with Crippen molar-refractivity contribution in [3.05, 3.63) is 60.2 Å². The summed E-state index contributed by atoms with van der Waals surface area (Å²) in [6, 6.07) is 10.1. The normalized spacial score (nSPS) is 25.2. The maximum atomic E-state index is 11.4. The van der Waals surface area contributed by atoms with Gasteiger partial charge in [-0.05, 0) is 50.5 Å². The molecule has 5 heteroatoms. The van der Waals surface area contributed by atoms with Crippen molar-refractivity contribution in [3.63, 3.8) is 0 Å². The molecule has 1 aromatic rings. The van der Waals surface area contributed by atoms with Crippen LogP contribution in [0.3, 0.4) is 0 Å². The lowest BCUT2D eigenvalue weighted by Crippen LogP contribution is -2.21. The van der Waals surface area contributed by atoms with Gasteiger partial charge in [0.1, 0.15) is 0 Å². The summed E-state index contributed by atoms with van der Waals surface area (Å²) in [6.07, 6.45) is 10.6. The number of amides is 1. The van der Waals surface area contributed by atoms with Gasteiger partial charge in [-0.25, -0.2) is 0 Å². The number of benzene rings is 1. The van der Waals surface area contributed by atoms with Crippen LogP contribution >= 0.6 is 0 Å². The summed E-state index contributed by atoms with van der Waals surface area (Å²) in [6.45, 7) is 2.57. The van der Waals surface area contributed by atoms with Crippen LogP contribution in [0.25, 0.3) is 0 Å². The first kappa shape index (κ1) is 24.3. The number of aliphatic hydroxyl groups excluding tert-OH is 3. The zero-order chi connectivity index (χ0) is 21.8. The van der Waals surface area contributed by atoms with E-state index in [1.54, 1.807) is 6.08 Å². The molecule has 5 atom stereocenters. The van der Waals surface area contributed by atoms with Gasteiger partial charge >= 0.3 is 0 Å². The summed E-state index contributed by atoms with van der Waals surface area (Å²) in [5, 5.41) is 33.8. The smallest absolute Gasteiger partial charge is 0.219 e. The number of hydrogen-bond acceptors (Lipinski definition) is 4. The Morgan fingerprint density at radius 1 is 1.20 bits per heavy atom. The Labute approximate surface area is 180 Å². The molecule has 2 rings (SSSR count). The van der Waals surface area contributed by atoms with Gasteiger partial charge in [-0.15, -0.1) is 0 Å². The van der Waals surface area contributed by atoms with Gasteiger partial charge in [-0.2, -0.15) is 0 Å². The second kappa shape index (κ2) is 13.4. The Bertz CT molecular complexity index is 673.